The molecule has 0 bridgehead atoms. The highest BCUT2D eigenvalue weighted by Crippen LogP contribution is 2.34. The van der Waals surface area contributed by atoms with E-state index >= 15 is 0 Å². The van der Waals surface area contributed by atoms with Gasteiger partial charge in [0.25, 0.3) is 5.91 Å². The first kappa shape index (κ1) is 23.7. The fraction of sp³-hybridized carbons (Fsp3) is 0.167. The van der Waals surface area contributed by atoms with Crippen molar-refractivity contribution in [1.29, 1.82) is 0 Å². The fourth-order valence-electron chi connectivity index (χ4n) is 3.40. The Bertz CT molecular complexity index is 1310. The number of nitrogens with zero attached hydrogens (tertiary/aromatic N) is 4. The zero-order chi connectivity index (χ0) is 25.0. The monoisotopic (exact) mass is 483 g/mol. The van der Waals surface area contributed by atoms with Gasteiger partial charge in [0.2, 0.25) is 0 Å². The minimum absolute atomic E-state index is 0.0404. The number of hydrogen-bond donors (Lipinski definition) is 1. The highest BCUT2D eigenvalue weighted by atomic mass is 19.4. The number of amides is 1. The lowest BCUT2D eigenvalue weighted by atomic mass is 10.1. The standard InChI is InChI=1S/C24H20F3N5O3/c1-2-35-23(34)20-15-30-32(21(20)24(25,26)27)19-10-6-17(7-11-19)22(33)28-14-16-4-8-18(9-5-16)31-13-3-12-29-31/h3-13,15H,2,14H2,1H3,(H,28,33). The van der Waals surface area contributed by atoms with Crippen molar-refractivity contribution in [1.82, 2.24) is 24.9 Å². The predicted molar refractivity (Wildman–Crippen MR) is 119 cm³/mol. The lowest BCUT2D eigenvalue weighted by Gasteiger charge is -2.13. The van der Waals surface area contributed by atoms with Gasteiger partial charge in [0, 0.05) is 24.5 Å². The van der Waals surface area contributed by atoms with Crippen molar-refractivity contribution in [2.75, 3.05) is 6.61 Å². The third-order valence-electron chi connectivity index (χ3n) is 5.07. The molecule has 0 aliphatic heterocycles. The van der Waals surface area contributed by atoms with Gasteiger partial charge in [-0.2, -0.15) is 23.4 Å². The van der Waals surface area contributed by atoms with Crippen LogP contribution in [-0.4, -0.2) is 38.0 Å². The number of benzene rings is 2. The maximum absolute atomic E-state index is 13.7. The first-order valence-electron chi connectivity index (χ1n) is 10.6. The Morgan fingerprint density at radius 2 is 1.69 bits per heavy atom. The van der Waals surface area contributed by atoms with E-state index in [4.69, 9.17) is 4.74 Å². The molecule has 11 heteroatoms. The molecule has 0 fully saturated rings. The van der Waals surface area contributed by atoms with Crippen LogP contribution in [0.5, 0.6) is 0 Å². The fourth-order valence-corrected chi connectivity index (χ4v) is 3.40. The lowest BCUT2D eigenvalue weighted by molar-refractivity contribution is -0.143. The number of halogens is 3. The van der Waals surface area contributed by atoms with Gasteiger partial charge in [-0.3, -0.25) is 4.79 Å². The third-order valence-corrected chi connectivity index (χ3v) is 5.07. The van der Waals surface area contributed by atoms with Gasteiger partial charge in [0.05, 0.1) is 24.2 Å². The van der Waals surface area contributed by atoms with Crippen LogP contribution in [0.3, 0.4) is 0 Å². The molecular weight excluding hydrogens is 463 g/mol. The molecule has 1 N–H and O–H groups in total. The first-order chi connectivity index (χ1) is 16.8. The average Bonchev–Trinajstić information content (AvgIpc) is 3.54. The van der Waals surface area contributed by atoms with E-state index in [-0.39, 0.29) is 24.4 Å². The van der Waals surface area contributed by atoms with Crippen molar-refractivity contribution in [2.45, 2.75) is 19.6 Å². The van der Waals surface area contributed by atoms with Crippen LogP contribution in [0.15, 0.2) is 73.2 Å². The van der Waals surface area contributed by atoms with Crippen LogP contribution in [0.1, 0.15) is 38.9 Å². The summed E-state index contributed by atoms with van der Waals surface area (Å²) in [6.45, 7) is 1.69. The molecular formula is C24H20F3N5O3. The Balaban J connectivity index is 1.46. The molecule has 180 valence electrons. The van der Waals surface area contributed by atoms with Crippen LogP contribution < -0.4 is 5.32 Å². The molecule has 0 spiro atoms. The number of nitrogens with one attached hydrogen (secondary N) is 1. The summed E-state index contributed by atoms with van der Waals surface area (Å²) in [7, 11) is 0. The van der Waals surface area contributed by atoms with Crippen molar-refractivity contribution in [3.63, 3.8) is 0 Å². The number of hydrogen-bond acceptors (Lipinski definition) is 5. The van der Waals surface area contributed by atoms with Gasteiger partial charge in [-0.05, 0) is 55.0 Å². The second-order valence-electron chi connectivity index (χ2n) is 7.38. The molecule has 0 saturated heterocycles. The van der Waals surface area contributed by atoms with Crippen LogP contribution in [0.2, 0.25) is 0 Å². The number of esters is 1. The number of aromatic nitrogens is 4. The van der Waals surface area contributed by atoms with Gasteiger partial charge < -0.3 is 10.1 Å². The highest BCUT2D eigenvalue weighted by molar-refractivity contribution is 5.94. The summed E-state index contributed by atoms with van der Waals surface area (Å²) in [6.07, 6.45) is -0.533. The molecule has 8 nitrogen and oxygen atoms in total. The van der Waals surface area contributed by atoms with Gasteiger partial charge in [0.15, 0.2) is 5.69 Å². The Morgan fingerprint density at radius 3 is 2.29 bits per heavy atom. The quantitative estimate of drug-likeness (QED) is 0.398. The Kier molecular flexibility index (Phi) is 6.67. The maximum Gasteiger partial charge on any atom is 0.434 e. The summed E-state index contributed by atoms with van der Waals surface area (Å²) in [5.74, 6) is -1.50. The maximum atomic E-state index is 13.7. The second-order valence-corrected chi connectivity index (χ2v) is 7.38. The van der Waals surface area contributed by atoms with Crippen LogP contribution in [0.25, 0.3) is 11.4 Å². The van der Waals surface area contributed by atoms with Crippen molar-refractivity contribution in [3.8, 4) is 11.4 Å². The number of rotatable bonds is 7. The van der Waals surface area contributed by atoms with Gasteiger partial charge in [-0.25, -0.2) is 14.2 Å². The van der Waals surface area contributed by atoms with E-state index < -0.39 is 29.3 Å². The van der Waals surface area contributed by atoms with Gasteiger partial charge in [0.1, 0.15) is 5.56 Å². The molecule has 0 unspecified atom stereocenters. The van der Waals surface area contributed by atoms with Gasteiger partial charge in [-0.1, -0.05) is 12.1 Å². The molecule has 0 aliphatic carbocycles. The molecule has 0 atom stereocenters. The van der Waals surface area contributed by atoms with E-state index in [1.54, 1.807) is 10.9 Å². The van der Waals surface area contributed by atoms with Gasteiger partial charge in [-0.15, -0.1) is 0 Å². The van der Waals surface area contributed by atoms with Crippen molar-refractivity contribution >= 4 is 11.9 Å². The van der Waals surface area contributed by atoms with E-state index in [0.717, 1.165) is 17.4 Å². The van der Waals surface area contributed by atoms with E-state index in [9.17, 15) is 22.8 Å². The van der Waals surface area contributed by atoms with Crippen LogP contribution in [0.4, 0.5) is 13.2 Å². The molecule has 0 aliphatic rings. The van der Waals surface area contributed by atoms with Crippen molar-refractivity contribution in [3.05, 3.63) is 95.6 Å². The Labute approximate surface area is 197 Å². The molecule has 2 aromatic heterocycles. The lowest BCUT2D eigenvalue weighted by Crippen LogP contribution is -2.23. The number of alkyl halides is 3. The smallest absolute Gasteiger partial charge is 0.434 e. The van der Waals surface area contributed by atoms with Crippen LogP contribution >= 0.6 is 0 Å². The van der Waals surface area contributed by atoms with Crippen LogP contribution in [-0.2, 0) is 17.5 Å². The summed E-state index contributed by atoms with van der Waals surface area (Å²) in [4.78, 5) is 24.5. The normalized spacial score (nSPS) is 11.3. The minimum atomic E-state index is -4.85. The average molecular weight is 483 g/mol. The summed E-state index contributed by atoms with van der Waals surface area (Å²) < 4.78 is 48.0. The summed E-state index contributed by atoms with van der Waals surface area (Å²) in [6, 6.07) is 14.7. The molecule has 35 heavy (non-hydrogen) atoms. The number of carbonyl (C=O) groups excluding carboxylic acids is 2. The topological polar surface area (TPSA) is 91.0 Å². The molecule has 1 amide bonds. The van der Waals surface area contributed by atoms with E-state index in [2.05, 4.69) is 15.5 Å². The van der Waals surface area contributed by atoms with Crippen molar-refractivity contribution in [2.24, 2.45) is 0 Å². The molecule has 4 rings (SSSR count). The SMILES string of the molecule is CCOC(=O)c1cnn(-c2ccc(C(=O)NCc3ccc(-n4cccn4)cc3)cc2)c1C(F)(F)F. The largest absolute Gasteiger partial charge is 0.462 e. The number of ether oxygens (including phenoxy) is 1. The van der Waals surface area contributed by atoms with Crippen molar-refractivity contribution < 1.29 is 27.5 Å². The third kappa shape index (κ3) is 5.24. The molecule has 2 aromatic carbocycles. The number of carbonyl (C=O) groups is 2. The second kappa shape index (κ2) is 9.84. The van der Waals surface area contributed by atoms with Gasteiger partial charge >= 0.3 is 12.1 Å². The zero-order valence-electron chi connectivity index (χ0n) is 18.5. The molecule has 4 aromatic rings. The van der Waals surface area contributed by atoms with Crippen LogP contribution in [0, 0.1) is 0 Å². The van der Waals surface area contributed by atoms with E-state index in [0.29, 0.717) is 4.68 Å². The summed E-state index contributed by atoms with van der Waals surface area (Å²) in [5.41, 5.74) is 0.116. The minimum Gasteiger partial charge on any atom is -0.462 e. The Morgan fingerprint density at radius 1 is 1.00 bits per heavy atom. The first-order valence-corrected chi connectivity index (χ1v) is 10.6. The predicted octanol–water partition coefficient (Wildman–Crippen LogP) is 4.18. The molecule has 0 radical (unpaired) electrons. The zero-order valence-corrected chi connectivity index (χ0v) is 18.5. The van der Waals surface area contributed by atoms with E-state index in [1.807, 2.05) is 36.5 Å². The highest BCUT2D eigenvalue weighted by Gasteiger charge is 2.41. The van der Waals surface area contributed by atoms with E-state index in [1.165, 1.54) is 31.2 Å². The Hall–Kier alpha value is -4.41. The summed E-state index contributed by atoms with van der Waals surface area (Å²) >= 11 is 0. The molecule has 2 heterocycles. The summed E-state index contributed by atoms with van der Waals surface area (Å²) in [5, 5.41) is 10.6. The molecule has 0 saturated carbocycles.